The monoisotopic (exact) mass is 368 g/mol. The number of non-ortho nitro benzene ring substituents is 1. The van der Waals surface area contributed by atoms with Crippen LogP contribution in [0.15, 0.2) is 65.7 Å². The predicted octanol–water partition coefficient (Wildman–Crippen LogP) is 3.97. The smallest absolute Gasteiger partial charge is 0.269 e. The number of nitro benzene ring substituents is 1. The Morgan fingerprint density at radius 3 is 2.59 bits per heavy atom. The molecule has 0 radical (unpaired) electrons. The third-order valence-corrected chi connectivity index (χ3v) is 3.90. The maximum Gasteiger partial charge on any atom is 0.269 e. The van der Waals surface area contributed by atoms with E-state index in [4.69, 9.17) is 4.52 Å². The molecule has 0 unspecified atom stereocenters. The zero-order chi connectivity index (χ0) is 19.2. The molecule has 0 bridgehead atoms. The Hall–Kier alpha value is -3.39. The molecule has 0 saturated heterocycles. The second kappa shape index (κ2) is 8.33. The van der Waals surface area contributed by atoms with Crippen LogP contribution in [0.5, 0.6) is 0 Å². The number of nitro groups is 1. The van der Waals surface area contributed by atoms with Crippen molar-refractivity contribution in [1.29, 1.82) is 0 Å². The third kappa shape index (κ3) is 4.62. The van der Waals surface area contributed by atoms with Gasteiger partial charge in [0.1, 0.15) is 5.82 Å². The highest BCUT2D eigenvalue weighted by Crippen LogP contribution is 2.20. The number of hydrogen-bond donors (Lipinski definition) is 0. The number of rotatable bonds is 8. The Kier molecular flexibility index (Phi) is 5.68. The van der Waals surface area contributed by atoms with Gasteiger partial charge in [0.2, 0.25) is 11.7 Å². The number of nitrogens with zero attached hydrogens (tertiary/aromatic N) is 4. The van der Waals surface area contributed by atoms with E-state index in [1.807, 2.05) is 4.90 Å². The van der Waals surface area contributed by atoms with Gasteiger partial charge in [0.25, 0.3) is 5.69 Å². The molecular formula is C19H17FN4O3. The molecule has 3 rings (SSSR count). The molecule has 0 aliphatic heterocycles. The van der Waals surface area contributed by atoms with Crippen molar-refractivity contribution in [3.8, 4) is 11.4 Å². The number of aromatic nitrogens is 2. The molecule has 0 fully saturated rings. The highest BCUT2D eigenvalue weighted by atomic mass is 19.1. The zero-order valence-electron chi connectivity index (χ0n) is 14.4. The second-order valence-electron chi connectivity index (χ2n) is 5.87. The molecule has 0 saturated carbocycles. The standard InChI is InChI=1S/C19H17FN4O3/c1-2-11-23(12-15-5-3-4-6-17(15)20)13-18-21-19(22-27-18)14-7-9-16(10-8-14)24(25)26/h2-10H,1,11-13H2. The van der Waals surface area contributed by atoms with Gasteiger partial charge in [0, 0.05) is 36.3 Å². The van der Waals surface area contributed by atoms with Gasteiger partial charge < -0.3 is 4.52 Å². The van der Waals surface area contributed by atoms with Crippen LogP contribution in [0.25, 0.3) is 11.4 Å². The molecule has 0 amide bonds. The van der Waals surface area contributed by atoms with Crippen molar-refractivity contribution >= 4 is 5.69 Å². The molecule has 0 aliphatic rings. The molecule has 0 N–H and O–H groups in total. The van der Waals surface area contributed by atoms with Crippen LogP contribution in [0.1, 0.15) is 11.5 Å². The minimum absolute atomic E-state index is 0.00971. The quantitative estimate of drug-likeness (QED) is 0.340. The van der Waals surface area contributed by atoms with Crippen LogP contribution in [0, 0.1) is 15.9 Å². The first-order valence-corrected chi connectivity index (χ1v) is 8.21. The van der Waals surface area contributed by atoms with Crippen molar-refractivity contribution in [3.63, 3.8) is 0 Å². The lowest BCUT2D eigenvalue weighted by molar-refractivity contribution is -0.384. The first kappa shape index (κ1) is 18.4. The zero-order valence-corrected chi connectivity index (χ0v) is 14.4. The van der Waals surface area contributed by atoms with Gasteiger partial charge in [-0.1, -0.05) is 29.4 Å². The predicted molar refractivity (Wildman–Crippen MR) is 97.1 cm³/mol. The first-order chi connectivity index (χ1) is 13.1. The summed E-state index contributed by atoms with van der Waals surface area (Å²) < 4.78 is 19.2. The molecule has 7 nitrogen and oxygen atoms in total. The molecule has 0 spiro atoms. The molecule has 2 aromatic carbocycles. The Morgan fingerprint density at radius 1 is 1.19 bits per heavy atom. The van der Waals surface area contributed by atoms with E-state index in [1.165, 1.54) is 18.2 Å². The fourth-order valence-electron chi connectivity index (χ4n) is 2.59. The van der Waals surface area contributed by atoms with E-state index in [9.17, 15) is 14.5 Å². The van der Waals surface area contributed by atoms with Crippen molar-refractivity contribution in [2.24, 2.45) is 0 Å². The minimum Gasteiger partial charge on any atom is -0.338 e. The molecule has 3 aromatic rings. The lowest BCUT2D eigenvalue weighted by atomic mass is 10.2. The summed E-state index contributed by atoms with van der Waals surface area (Å²) in [6.45, 7) is 4.93. The van der Waals surface area contributed by atoms with E-state index < -0.39 is 4.92 Å². The Bertz CT molecular complexity index is 940. The van der Waals surface area contributed by atoms with E-state index in [2.05, 4.69) is 16.7 Å². The van der Waals surface area contributed by atoms with Gasteiger partial charge in [-0.3, -0.25) is 15.0 Å². The van der Waals surface area contributed by atoms with Crippen LogP contribution in [0.3, 0.4) is 0 Å². The highest BCUT2D eigenvalue weighted by molar-refractivity contribution is 5.56. The lowest BCUT2D eigenvalue weighted by Crippen LogP contribution is -2.23. The Morgan fingerprint density at radius 2 is 1.93 bits per heavy atom. The van der Waals surface area contributed by atoms with Gasteiger partial charge >= 0.3 is 0 Å². The fraction of sp³-hybridized carbons (Fsp3) is 0.158. The molecule has 138 valence electrons. The highest BCUT2D eigenvalue weighted by Gasteiger charge is 2.15. The second-order valence-corrected chi connectivity index (χ2v) is 5.87. The SMILES string of the molecule is C=CCN(Cc1nc(-c2ccc([N+](=O)[O-])cc2)no1)Cc1ccccc1F. The normalized spacial score (nSPS) is 10.9. The Labute approximate surface area is 154 Å². The molecule has 8 heteroatoms. The van der Waals surface area contributed by atoms with Gasteiger partial charge in [0.05, 0.1) is 11.5 Å². The van der Waals surface area contributed by atoms with Gasteiger partial charge in [-0.2, -0.15) is 4.98 Å². The van der Waals surface area contributed by atoms with Crippen LogP contribution < -0.4 is 0 Å². The van der Waals surface area contributed by atoms with Crippen molar-refractivity contribution in [2.45, 2.75) is 13.1 Å². The van der Waals surface area contributed by atoms with E-state index in [1.54, 1.807) is 36.4 Å². The van der Waals surface area contributed by atoms with Gasteiger partial charge in [-0.05, 0) is 18.2 Å². The van der Waals surface area contributed by atoms with Crippen molar-refractivity contribution in [1.82, 2.24) is 15.0 Å². The van der Waals surface area contributed by atoms with Crippen molar-refractivity contribution < 1.29 is 13.8 Å². The summed E-state index contributed by atoms with van der Waals surface area (Å²) in [4.78, 5) is 16.5. The summed E-state index contributed by atoms with van der Waals surface area (Å²) in [7, 11) is 0. The lowest BCUT2D eigenvalue weighted by Gasteiger charge is -2.18. The fourth-order valence-corrected chi connectivity index (χ4v) is 2.59. The molecule has 27 heavy (non-hydrogen) atoms. The van der Waals surface area contributed by atoms with Crippen LogP contribution in [-0.2, 0) is 13.1 Å². The van der Waals surface area contributed by atoms with Gasteiger partial charge in [-0.15, -0.1) is 6.58 Å². The third-order valence-electron chi connectivity index (χ3n) is 3.90. The summed E-state index contributed by atoms with van der Waals surface area (Å²) in [5.74, 6) is 0.426. The molecule has 0 atom stereocenters. The van der Waals surface area contributed by atoms with Crippen LogP contribution >= 0.6 is 0 Å². The summed E-state index contributed by atoms with van der Waals surface area (Å²) in [5.41, 5.74) is 1.17. The largest absolute Gasteiger partial charge is 0.338 e. The maximum absolute atomic E-state index is 13.9. The molecule has 0 aliphatic carbocycles. The van der Waals surface area contributed by atoms with Gasteiger partial charge in [-0.25, -0.2) is 4.39 Å². The average Bonchev–Trinajstić information content (AvgIpc) is 3.12. The number of halogens is 1. The van der Waals surface area contributed by atoms with Gasteiger partial charge in [0.15, 0.2) is 0 Å². The van der Waals surface area contributed by atoms with E-state index in [0.29, 0.717) is 42.5 Å². The van der Waals surface area contributed by atoms with Crippen molar-refractivity contribution in [3.05, 3.63) is 88.6 Å². The summed E-state index contributed by atoms with van der Waals surface area (Å²) in [6.07, 6.45) is 1.72. The summed E-state index contributed by atoms with van der Waals surface area (Å²) >= 11 is 0. The molecule has 1 aromatic heterocycles. The van der Waals surface area contributed by atoms with Crippen LogP contribution in [0.4, 0.5) is 10.1 Å². The number of hydrogen-bond acceptors (Lipinski definition) is 6. The number of benzene rings is 2. The van der Waals surface area contributed by atoms with E-state index >= 15 is 0 Å². The Balaban J connectivity index is 1.73. The molecular weight excluding hydrogens is 351 g/mol. The topological polar surface area (TPSA) is 85.3 Å². The average molecular weight is 368 g/mol. The van der Waals surface area contributed by atoms with E-state index in [-0.39, 0.29) is 11.5 Å². The maximum atomic E-state index is 13.9. The molecule has 1 heterocycles. The van der Waals surface area contributed by atoms with Crippen LogP contribution in [0.2, 0.25) is 0 Å². The summed E-state index contributed by atoms with van der Waals surface area (Å²) in [6, 6.07) is 12.5. The van der Waals surface area contributed by atoms with Crippen LogP contribution in [-0.4, -0.2) is 26.5 Å². The van der Waals surface area contributed by atoms with E-state index in [0.717, 1.165) is 0 Å². The first-order valence-electron chi connectivity index (χ1n) is 8.21. The van der Waals surface area contributed by atoms with Crippen molar-refractivity contribution in [2.75, 3.05) is 6.54 Å². The minimum atomic E-state index is -0.471. The summed E-state index contributed by atoms with van der Waals surface area (Å²) in [5, 5.41) is 14.6.